The second kappa shape index (κ2) is 8.42. The average Bonchev–Trinajstić information content (AvgIpc) is 3.20. The van der Waals surface area contributed by atoms with E-state index in [1.807, 2.05) is 59.2 Å². The van der Waals surface area contributed by atoms with E-state index in [4.69, 9.17) is 10.2 Å². The van der Waals surface area contributed by atoms with Crippen molar-refractivity contribution in [3.8, 4) is 22.5 Å². The molecule has 7 heteroatoms. The van der Waals surface area contributed by atoms with Crippen molar-refractivity contribution in [2.75, 3.05) is 0 Å². The van der Waals surface area contributed by atoms with E-state index in [2.05, 4.69) is 0 Å². The van der Waals surface area contributed by atoms with Crippen LogP contribution in [0.15, 0.2) is 71.7 Å². The molecule has 0 spiro atoms. The Hall–Kier alpha value is -3.74. The minimum atomic E-state index is -0.833. The number of carbonyl (C=O) groups is 1. The third kappa shape index (κ3) is 3.70. The van der Waals surface area contributed by atoms with Gasteiger partial charge >= 0.3 is 5.97 Å². The Morgan fingerprint density at radius 1 is 0.969 bits per heavy atom. The van der Waals surface area contributed by atoms with Gasteiger partial charge in [0, 0.05) is 17.8 Å². The van der Waals surface area contributed by atoms with Crippen molar-refractivity contribution >= 4 is 11.5 Å². The zero-order chi connectivity index (χ0) is 22.1. The number of nitrogens with zero attached hydrogens (tertiary/aromatic N) is 4. The summed E-state index contributed by atoms with van der Waals surface area (Å²) >= 11 is 0. The van der Waals surface area contributed by atoms with Gasteiger partial charge in [0.15, 0.2) is 0 Å². The summed E-state index contributed by atoms with van der Waals surface area (Å²) in [6, 6.07) is 18.8. The van der Waals surface area contributed by atoms with E-state index in [0.717, 1.165) is 48.0 Å². The van der Waals surface area contributed by atoms with Crippen molar-refractivity contribution in [3.05, 3.63) is 77.2 Å². The molecule has 7 nitrogen and oxygen atoms in total. The topological polar surface area (TPSA) is 89.5 Å². The van der Waals surface area contributed by atoms with Crippen molar-refractivity contribution in [2.45, 2.75) is 38.1 Å². The zero-order valence-corrected chi connectivity index (χ0v) is 17.6. The number of hydrogen-bond acceptors (Lipinski definition) is 4. The van der Waals surface area contributed by atoms with Crippen molar-refractivity contribution in [3.63, 3.8) is 0 Å². The molecule has 0 saturated heterocycles. The summed E-state index contributed by atoms with van der Waals surface area (Å²) in [6.45, 7) is 0. The summed E-state index contributed by atoms with van der Waals surface area (Å²) in [5.74, 6) is -0.931. The number of fused-ring (bicyclic) bond motifs is 1. The molecule has 1 fully saturated rings. The van der Waals surface area contributed by atoms with E-state index in [9.17, 15) is 14.7 Å². The molecule has 1 aromatic carbocycles. The number of rotatable bonds is 5. The number of pyridine rings is 1. The highest BCUT2D eigenvalue weighted by atomic mass is 16.4. The van der Waals surface area contributed by atoms with Crippen LogP contribution in [-0.2, 0) is 4.79 Å². The molecule has 162 valence electrons. The van der Waals surface area contributed by atoms with Gasteiger partial charge in [-0.05, 0) is 37.0 Å². The molecular weight excluding hydrogens is 404 g/mol. The lowest BCUT2D eigenvalue weighted by Crippen LogP contribution is -2.34. The predicted molar refractivity (Wildman–Crippen MR) is 121 cm³/mol. The van der Waals surface area contributed by atoms with Gasteiger partial charge in [0.1, 0.15) is 5.69 Å². The quantitative estimate of drug-likeness (QED) is 0.508. The molecule has 3 heterocycles. The summed E-state index contributed by atoms with van der Waals surface area (Å²) in [4.78, 5) is 24.2. The van der Waals surface area contributed by atoms with Crippen LogP contribution >= 0.6 is 0 Å². The van der Waals surface area contributed by atoms with Crippen molar-refractivity contribution in [2.24, 2.45) is 5.92 Å². The van der Waals surface area contributed by atoms with Gasteiger partial charge in [-0.25, -0.2) is 9.20 Å². The number of carboxylic acids is 1. The highest BCUT2D eigenvalue weighted by molar-refractivity contribution is 5.90. The monoisotopic (exact) mass is 428 g/mol. The lowest BCUT2D eigenvalue weighted by atomic mass is 9.82. The molecule has 0 radical (unpaired) electrons. The molecule has 0 unspecified atom stereocenters. The fraction of sp³-hybridized carbons (Fsp3) is 0.280. The van der Waals surface area contributed by atoms with Gasteiger partial charge in [0.05, 0.1) is 29.2 Å². The smallest absolute Gasteiger partial charge is 0.303 e. The Balaban J connectivity index is 1.67. The summed E-state index contributed by atoms with van der Waals surface area (Å²) in [7, 11) is 0. The number of carboxylic acid groups (broad SMARTS) is 1. The van der Waals surface area contributed by atoms with Crippen LogP contribution in [0, 0.1) is 5.92 Å². The Bertz CT molecular complexity index is 1330. The maximum absolute atomic E-state index is 12.8. The first-order valence-corrected chi connectivity index (χ1v) is 11.0. The normalized spacial score (nSPS) is 18.6. The van der Waals surface area contributed by atoms with Crippen molar-refractivity contribution < 1.29 is 9.90 Å². The van der Waals surface area contributed by atoms with Gasteiger partial charge in [-0.3, -0.25) is 9.59 Å². The van der Waals surface area contributed by atoms with Gasteiger partial charge in [-0.1, -0.05) is 49.2 Å². The van der Waals surface area contributed by atoms with Gasteiger partial charge < -0.3 is 5.11 Å². The predicted octanol–water partition coefficient (Wildman–Crippen LogP) is 4.43. The van der Waals surface area contributed by atoms with Crippen LogP contribution in [0.1, 0.15) is 38.1 Å². The Morgan fingerprint density at radius 3 is 2.56 bits per heavy atom. The molecule has 0 aliphatic heterocycles. The molecule has 1 aliphatic carbocycles. The van der Waals surface area contributed by atoms with E-state index in [1.54, 1.807) is 6.07 Å². The first-order chi connectivity index (χ1) is 15.6. The van der Waals surface area contributed by atoms with Crippen LogP contribution in [0.4, 0.5) is 0 Å². The summed E-state index contributed by atoms with van der Waals surface area (Å²) in [5.41, 5.74) is 3.97. The fourth-order valence-electron chi connectivity index (χ4n) is 4.82. The fourth-order valence-corrected chi connectivity index (χ4v) is 4.82. The molecule has 5 rings (SSSR count). The molecule has 3 aromatic heterocycles. The molecule has 32 heavy (non-hydrogen) atoms. The highest BCUT2D eigenvalue weighted by Gasteiger charge is 2.30. The van der Waals surface area contributed by atoms with Crippen LogP contribution in [0.2, 0.25) is 0 Å². The lowest BCUT2D eigenvalue weighted by Gasteiger charge is -2.31. The summed E-state index contributed by atoms with van der Waals surface area (Å²) in [6.07, 6.45) is 5.44. The number of aromatic nitrogens is 4. The second-order valence-electron chi connectivity index (χ2n) is 8.33. The number of aliphatic carboxylic acids is 1. The minimum absolute atomic E-state index is 0.0506. The Morgan fingerprint density at radius 2 is 1.75 bits per heavy atom. The first kappa shape index (κ1) is 20.2. The standard InChI is InChI=1S/C25H24N4O3/c30-22-14-13-19(26-29(22)20-11-5-4-10-18(20)16-23(31)32)24-21-12-6-7-15-28(21)27-25(24)17-8-2-1-3-9-17/h1-3,6-9,12-15,18,20H,4-5,10-11,16H2,(H,31,32)/t18-,20-/m1/s1. The first-order valence-electron chi connectivity index (χ1n) is 11.0. The van der Waals surface area contributed by atoms with Gasteiger partial charge in [-0.15, -0.1) is 0 Å². The van der Waals surface area contributed by atoms with E-state index in [-0.39, 0.29) is 23.9 Å². The third-order valence-corrected chi connectivity index (χ3v) is 6.29. The molecule has 0 bridgehead atoms. The average molecular weight is 428 g/mol. The SMILES string of the molecule is O=C(O)C[C@H]1CCCC[C@H]1n1nc(-c2c(-c3ccccc3)nn3ccccc23)ccc1=O. The number of benzene rings is 1. The van der Waals surface area contributed by atoms with Crippen LogP contribution < -0.4 is 5.56 Å². The zero-order valence-electron chi connectivity index (χ0n) is 17.6. The maximum Gasteiger partial charge on any atom is 0.303 e. The van der Waals surface area contributed by atoms with E-state index in [1.165, 1.54) is 10.7 Å². The van der Waals surface area contributed by atoms with Crippen LogP contribution in [0.25, 0.3) is 28.0 Å². The van der Waals surface area contributed by atoms with Gasteiger partial charge in [-0.2, -0.15) is 10.2 Å². The number of hydrogen-bond donors (Lipinski definition) is 1. The van der Waals surface area contributed by atoms with Crippen molar-refractivity contribution in [1.29, 1.82) is 0 Å². The molecule has 4 aromatic rings. The van der Waals surface area contributed by atoms with Crippen LogP contribution in [0.3, 0.4) is 0 Å². The lowest BCUT2D eigenvalue weighted by molar-refractivity contribution is -0.138. The molecule has 1 aliphatic rings. The van der Waals surface area contributed by atoms with E-state index in [0.29, 0.717) is 5.69 Å². The van der Waals surface area contributed by atoms with Gasteiger partial charge in [0.25, 0.3) is 5.56 Å². The third-order valence-electron chi connectivity index (χ3n) is 6.29. The molecule has 1 N–H and O–H groups in total. The highest BCUT2D eigenvalue weighted by Crippen LogP contribution is 2.37. The van der Waals surface area contributed by atoms with E-state index < -0.39 is 5.97 Å². The minimum Gasteiger partial charge on any atom is -0.481 e. The summed E-state index contributed by atoms with van der Waals surface area (Å²) in [5, 5.41) is 18.9. The Labute approximate surface area is 185 Å². The second-order valence-corrected chi connectivity index (χ2v) is 8.33. The van der Waals surface area contributed by atoms with Gasteiger partial charge in [0.2, 0.25) is 0 Å². The molecule has 0 amide bonds. The molecular formula is C25H24N4O3. The van der Waals surface area contributed by atoms with E-state index >= 15 is 0 Å². The summed E-state index contributed by atoms with van der Waals surface area (Å²) < 4.78 is 3.34. The van der Waals surface area contributed by atoms with Crippen LogP contribution in [-0.4, -0.2) is 30.5 Å². The molecule has 1 saturated carbocycles. The van der Waals surface area contributed by atoms with Crippen molar-refractivity contribution in [1.82, 2.24) is 19.4 Å². The Kier molecular flexibility index (Phi) is 5.31. The van der Waals surface area contributed by atoms with Crippen LogP contribution in [0.5, 0.6) is 0 Å². The maximum atomic E-state index is 12.8. The molecule has 2 atom stereocenters. The largest absolute Gasteiger partial charge is 0.481 e.